The number of carbonyl (C=O) groups excluding carboxylic acids is 2. The number of phenols is 1. The van der Waals surface area contributed by atoms with E-state index in [0.717, 1.165) is 18.4 Å². The number of aryl methyl sites for hydroxylation is 1. The highest BCUT2D eigenvalue weighted by molar-refractivity contribution is 6.34. The molecule has 0 heterocycles. The first-order valence-electron chi connectivity index (χ1n) is 7.88. The Labute approximate surface area is 146 Å². The van der Waals surface area contributed by atoms with E-state index in [0.29, 0.717) is 17.1 Å². The third-order valence-corrected chi connectivity index (χ3v) is 3.98. The minimum atomic E-state index is -0.138. The number of phenolic OH excluding ortho intramolecular Hbond substituents is 1. The number of benzene rings is 2. The molecule has 126 valence electrons. The molecule has 2 rings (SSSR count). The Morgan fingerprint density at radius 1 is 1.00 bits per heavy atom. The Kier molecular flexibility index (Phi) is 6.82. The van der Waals surface area contributed by atoms with Gasteiger partial charge in [-0.15, -0.1) is 0 Å². The maximum absolute atomic E-state index is 12.0. The molecule has 0 spiro atoms. The van der Waals surface area contributed by atoms with Gasteiger partial charge in [-0.25, -0.2) is 0 Å². The van der Waals surface area contributed by atoms with Crippen molar-refractivity contribution in [1.29, 1.82) is 0 Å². The van der Waals surface area contributed by atoms with Crippen molar-refractivity contribution in [3.05, 3.63) is 64.7 Å². The van der Waals surface area contributed by atoms with Gasteiger partial charge in [-0.1, -0.05) is 35.9 Å². The van der Waals surface area contributed by atoms with Crippen molar-refractivity contribution in [3.63, 3.8) is 0 Å². The van der Waals surface area contributed by atoms with Crippen molar-refractivity contribution in [2.45, 2.75) is 25.7 Å². The first-order chi connectivity index (χ1) is 11.6. The largest absolute Gasteiger partial charge is 0.508 e. The minimum absolute atomic E-state index is 0.125. The number of carbonyl (C=O) groups is 2. The van der Waals surface area contributed by atoms with Crippen LogP contribution in [-0.2, 0) is 11.2 Å². The van der Waals surface area contributed by atoms with Crippen LogP contribution in [0.5, 0.6) is 5.75 Å². The molecule has 0 saturated carbocycles. The fraction of sp³-hybridized carbons (Fsp3) is 0.263. The van der Waals surface area contributed by atoms with Crippen molar-refractivity contribution in [1.82, 2.24) is 5.32 Å². The molecule has 1 amide bonds. The number of hydrogen-bond acceptors (Lipinski definition) is 3. The summed E-state index contributed by atoms with van der Waals surface area (Å²) < 4.78 is 0. The average molecular weight is 346 g/mol. The molecule has 0 aliphatic heterocycles. The van der Waals surface area contributed by atoms with Gasteiger partial charge in [0.1, 0.15) is 5.75 Å². The number of hydrogen-bond donors (Lipinski definition) is 2. The molecule has 0 aromatic heterocycles. The summed E-state index contributed by atoms with van der Waals surface area (Å²) in [6, 6.07) is 13.9. The second-order valence-corrected chi connectivity index (χ2v) is 5.93. The number of rotatable bonds is 8. The summed E-state index contributed by atoms with van der Waals surface area (Å²) in [4.78, 5) is 23.8. The van der Waals surface area contributed by atoms with Gasteiger partial charge < -0.3 is 10.4 Å². The van der Waals surface area contributed by atoms with Crippen LogP contribution in [-0.4, -0.2) is 23.3 Å². The fourth-order valence-corrected chi connectivity index (χ4v) is 2.56. The molecule has 2 aromatic rings. The highest BCUT2D eigenvalue weighted by Gasteiger charge is 2.11. The standard InChI is InChI=1S/C19H20ClNO3/c20-17-6-2-1-5-16(17)18(23)11-12-19(24)21-13-3-4-14-7-9-15(22)10-8-14/h1-2,5-10,22H,3-4,11-13H2,(H,21,24). The molecule has 2 aromatic carbocycles. The predicted octanol–water partition coefficient (Wildman–Crippen LogP) is 3.76. The Hall–Kier alpha value is -2.33. The Morgan fingerprint density at radius 2 is 1.71 bits per heavy atom. The molecule has 0 fully saturated rings. The summed E-state index contributed by atoms with van der Waals surface area (Å²) >= 11 is 5.97. The summed E-state index contributed by atoms with van der Waals surface area (Å²) in [6.07, 6.45) is 1.92. The lowest BCUT2D eigenvalue weighted by Crippen LogP contribution is -2.25. The van der Waals surface area contributed by atoms with Gasteiger partial charge in [0.25, 0.3) is 0 Å². The van der Waals surface area contributed by atoms with Crippen LogP contribution < -0.4 is 5.32 Å². The molecule has 0 aliphatic rings. The van der Waals surface area contributed by atoms with Crippen LogP contribution >= 0.6 is 11.6 Å². The lowest BCUT2D eigenvalue weighted by molar-refractivity contribution is -0.121. The molecule has 2 N–H and O–H groups in total. The maximum atomic E-state index is 12.0. The zero-order chi connectivity index (χ0) is 17.4. The molecule has 0 atom stereocenters. The van der Waals surface area contributed by atoms with E-state index in [-0.39, 0.29) is 30.3 Å². The highest BCUT2D eigenvalue weighted by Crippen LogP contribution is 2.17. The molecule has 5 heteroatoms. The quantitative estimate of drug-likeness (QED) is 0.565. The number of aromatic hydroxyl groups is 1. The lowest BCUT2D eigenvalue weighted by atomic mass is 10.1. The third-order valence-electron chi connectivity index (χ3n) is 3.65. The van der Waals surface area contributed by atoms with Gasteiger partial charge in [-0.05, 0) is 42.7 Å². The Morgan fingerprint density at radius 3 is 2.42 bits per heavy atom. The number of halogens is 1. The van der Waals surface area contributed by atoms with Crippen LogP contribution in [0, 0.1) is 0 Å². The molecule has 0 aliphatic carbocycles. The van der Waals surface area contributed by atoms with E-state index in [9.17, 15) is 14.7 Å². The number of Topliss-reactive ketones (excluding diaryl/α,β-unsaturated/α-hetero) is 1. The molecular weight excluding hydrogens is 326 g/mol. The molecule has 4 nitrogen and oxygen atoms in total. The van der Waals surface area contributed by atoms with E-state index in [4.69, 9.17) is 11.6 Å². The number of nitrogens with one attached hydrogen (secondary N) is 1. The minimum Gasteiger partial charge on any atom is -0.508 e. The first-order valence-corrected chi connectivity index (χ1v) is 8.26. The van der Waals surface area contributed by atoms with Crippen molar-refractivity contribution >= 4 is 23.3 Å². The third kappa shape index (κ3) is 5.70. The first kappa shape index (κ1) is 18.0. The smallest absolute Gasteiger partial charge is 0.220 e. The van der Waals surface area contributed by atoms with Crippen molar-refractivity contribution in [3.8, 4) is 5.75 Å². The van der Waals surface area contributed by atoms with Crippen LogP contribution in [0.3, 0.4) is 0 Å². The van der Waals surface area contributed by atoms with Gasteiger partial charge in [0.2, 0.25) is 5.91 Å². The van der Waals surface area contributed by atoms with Gasteiger partial charge in [0, 0.05) is 24.9 Å². The number of ketones is 1. The number of amides is 1. The van der Waals surface area contributed by atoms with Crippen LogP contribution in [0.15, 0.2) is 48.5 Å². The van der Waals surface area contributed by atoms with E-state index in [1.165, 1.54) is 0 Å². The summed E-state index contributed by atoms with van der Waals surface area (Å²) in [6.45, 7) is 0.556. The van der Waals surface area contributed by atoms with Crippen LogP contribution in [0.25, 0.3) is 0 Å². The van der Waals surface area contributed by atoms with Crippen molar-refractivity contribution < 1.29 is 14.7 Å². The van der Waals surface area contributed by atoms with Gasteiger partial charge in [-0.2, -0.15) is 0 Å². The highest BCUT2D eigenvalue weighted by atomic mass is 35.5. The molecule has 0 bridgehead atoms. The Bertz CT molecular complexity index is 698. The van der Waals surface area contributed by atoms with Gasteiger partial charge in [0.05, 0.1) is 5.02 Å². The zero-order valence-electron chi connectivity index (χ0n) is 13.3. The second kappa shape index (κ2) is 9.08. The van der Waals surface area contributed by atoms with Crippen LogP contribution in [0.1, 0.15) is 35.2 Å². The molecular formula is C19H20ClNO3. The van der Waals surface area contributed by atoms with Crippen molar-refractivity contribution in [2.24, 2.45) is 0 Å². The van der Waals surface area contributed by atoms with Gasteiger partial charge in [-0.3, -0.25) is 9.59 Å². The molecule has 0 unspecified atom stereocenters. The summed E-state index contributed by atoms with van der Waals surface area (Å²) in [7, 11) is 0. The normalized spacial score (nSPS) is 10.4. The van der Waals surface area contributed by atoms with E-state index in [1.807, 2.05) is 12.1 Å². The molecule has 24 heavy (non-hydrogen) atoms. The Balaban J connectivity index is 1.65. The van der Waals surface area contributed by atoms with Gasteiger partial charge >= 0.3 is 0 Å². The molecule has 0 saturated heterocycles. The SMILES string of the molecule is O=C(CCC(=O)c1ccccc1Cl)NCCCc1ccc(O)cc1. The van der Waals surface area contributed by atoms with Crippen molar-refractivity contribution in [2.75, 3.05) is 6.54 Å². The van der Waals surface area contributed by atoms with Gasteiger partial charge in [0.15, 0.2) is 5.78 Å². The predicted molar refractivity (Wildman–Crippen MR) is 94.5 cm³/mol. The van der Waals surface area contributed by atoms with E-state index >= 15 is 0 Å². The molecule has 0 radical (unpaired) electrons. The lowest BCUT2D eigenvalue weighted by Gasteiger charge is -2.06. The maximum Gasteiger partial charge on any atom is 0.220 e. The second-order valence-electron chi connectivity index (χ2n) is 5.52. The zero-order valence-corrected chi connectivity index (χ0v) is 14.1. The van der Waals surface area contributed by atoms with Crippen LogP contribution in [0.2, 0.25) is 5.02 Å². The van der Waals surface area contributed by atoms with E-state index in [1.54, 1.807) is 36.4 Å². The fourth-order valence-electron chi connectivity index (χ4n) is 2.32. The summed E-state index contributed by atoms with van der Waals surface area (Å²) in [5.41, 5.74) is 1.57. The topological polar surface area (TPSA) is 66.4 Å². The summed E-state index contributed by atoms with van der Waals surface area (Å²) in [5, 5.41) is 12.4. The average Bonchev–Trinajstić information content (AvgIpc) is 2.58. The monoisotopic (exact) mass is 345 g/mol. The van der Waals surface area contributed by atoms with E-state index < -0.39 is 0 Å². The van der Waals surface area contributed by atoms with Crippen LogP contribution in [0.4, 0.5) is 0 Å². The summed E-state index contributed by atoms with van der Waals surface area (Å²) in [5.74, 6) is -0.0174. The van der Waals surface area contributed by atoms with E-state index in [2.05, 4.69) is 5.32 Å².